The van der Waals surface area contributed by atoms with Crippen LogP contribution in [0.1, 0.15) is 23.0 Å². The molecule has 0 amide bonds. The van der Waals surface area contributed by atoms with Crippen LogP contribution in [-0.4, -0.2) is 34.4 Å². The van der Waals surface area contributed by atoms with Crippen LogP contribution in [0.3, 0.4) is 0 Å². The third kappa shape index (κ3) is 3.04. The van der Waals surface area contributed by atoms with Crippen LogP contribution < -0.4 is 19.5 Å². The Bertz CT molecular complexity index is 720. The Hall–Kier alpha value is -1.91. The molecule has 1 N–H and O–H groups in total. The zero-order valence-electron chi connectivity index (χ0n) is 14.1. The molecule has 0 radical (unpaired) electrons. The van der Waals surface area contributed by atoms with Gasteiger partial charge >= 0.3 is 0 Å². The molecule has 0 saturated carbocycles. The molecule has 1 aliphatic heterocycles. The number of halogens is 1. The maximum Gasteiger partial charge on any atom is 0.160 e. The van der Waals surface area contributed by atoms with Crippen LogP contribution in [0.15, 0.2) is 36.4 Å². The average molecular weight is 348 g/mol. The largest absolute Gasteiger partial charge is 0.495 e. The van der Waals surface area contributed by atoms with E-state index in [0.29, 0.717) is 16.7 Å². The monoisotopic (exact) mass is 347 g/mol. The van der Waals surface area contributed by atoms with Gasteiger partial charge in [-0.2, -0.15) is 0 Å². The third-order valence-corrected chi connectivity index (χ3v) is 5.07. The van der Waals surface area contributed by atoms with Gasteiger partial charge in [0, 0.05) is 24.9 Å². The Balaban J connectivity index is 1.97. The molecule has 1 saturated heterocycles. The number of rotatable bonds is 5. The van der Waals surface area contributed by atoms with Gasteiger partial charge in [0.2, 0.25) is 0 Å². The maximum absolute atomic E-state index is 6.55. The first kappa shape index (κ1) is 16.9. The summed E-state index contributed by atoms with van der Waals surface area (Å²) in [6, 6.07) is 12.1. The zero-order chi connectivity index (χ0) is 17.1. The quantitative estimate of drug-likeness (QED) is 0.892. The molecular weight excluding hydrogens is 326 g/mol. The summed E-state index contributed by atoms with van der Waals surface area (Å²) < 4.78 is 16.1. The second-order valence-corrected chi connectivity index (χ2v) is 6.23. The highest BCUT2D eigenvalue weighted by molar-refractivity contribution is 6.32. The van der Waals surface area contributed by atoms with Crippen molar-refractivity contribution in [2.45, 2.75) is 11.8 Å². The highest BCUT2D eigenvalue weighted by atomic mass is 35.5. The van der Waals surface area contributed by atoms with Crippen molar-refractivity contribution in [2.24, 2.45) is 0 Å². The number of methoxy groups -OCH3 is 3. The van der Waals surface area contributed by atoms with E-state index in [-0.39, 0.29) is 5.92 Å². The Kier molecular flexibility index (Phi) is 5.17. The molecular formula is C19H22ClNO3. The number of ether oxygens (including phenoxy) is 3. The van der Waals surface area contributed by atoms with Crippen molar-refractivity contribution in [3.05, 3.63) is 52.5 Å². The van der Waals surface area contributed by atoms with Gasteiger partial charge in [-0.05, 0) is 29.3 Å². The van der Waals surface area contributed by atoms with Gasteiger partial charge in [0.25, 0.3) is 0 Å². The smallest absolute Gasteiger partial charge is 0.160 e. The molecule has 4 nitrogen and oxygen atoms in total. The molecule has 0 spiro atoms. The summed E-state index contributed by atoms with van der Waals surface area (Å²) in [5.74, 6) is 2.80. The predicted octanol–water partition coefficient (Wildman–Crippen LogP) is 3.84. The lowest BCUT2D eigenvalue weighted by atomic mass is 9.84. The van der Waals surface area contributed by atoms with E-state index in [2.05, 4.69) is 23.5 Å². The topological polar surface area (TPSA) is 39.7 Å². The minimum Gasteiger partial charge on any atom is -0.495 e. The molecule has 2 aromatic rings. The van der Waals surface area contributed by atoms with Gasteiger partial charge in [-0.15, -0.1) is 0 Å². The van der Waals surface area contributed by atoms with Crippen LogP contribution in [0, 0.1) is 0 Å². The van der Waals surface area contributed by atoms with Crippen molar-refractivity contribution >= 4 is 11.6 Å². The highest BCUT2D eigenvalue weighted by Gasteiger charge is 2.32. The molecule has 1 aliphatic rings. The highest BCUT2D eigenvalue weighted by Crippen LogP contribution is 2.43. The minimum absolute atomic E-state index is 0.283. The van der Waals surface area contributed by atoms with Crippen molar-refractivity contribution in [3.63, 3.8) is 0 Å². The van der Waals surface area contributed by atoms with Crippen molar-refractivity contribution < 1.29 is 14.2 Å². The lowest BCUT2D eigenvalue weighted by molar-refractivity contribution is 0.354. The van der Waals surface area contributed by atoms with Gasteiger partial charge in [-0.3, -0.25) is 0 Å². The first-order chi connectivity index (χ1) is 11.7. The maximum atomic E-state index is 6.55. The molecule has 3 rings (SSSR count). The third-order valence-electron chi connectivity index (χ3n) is 4.66. The Morgan fingerprint density at radius 2 is 1.58 bits per heavy atom. The van der Waals surface area contributed by atoms with E-state index in [0.717, 1.165) is 30.2 Å². The van der Waals surface area contributed by atoms with Crippen LogP contribution in [0.5, 0.6) is 17.2 Å². The normalized spacial score (nSPS) is 20.0. The second-order valence-electron chi connectivity index (χ2n) is 5.85. The summed E-state index contributed by atoms with van der Waals surface area (Å²) in [6.45, 7) is 1.78. The van der Waals surface area contributed by atoms with E-state index in [1.165, 1.54) is 5.56 Å². The lowest BCUT2D eigenvalue weighted by Crippen LogP contribution is -2.10. The van der Waals surface area contributed by atoms with Crippen molar-refractivity contribution in [3.8, 4) is 17.2 Å². The number of benzene rings is 2. The fourth-order valence-electron chi connectivity index (χ4n) is 3.41. The molecule has 2 aromatic carbocycles. The van der Waals surface area contributed by atoms with Gasteiger partial charge < -0.3 is 19.5 Å². The van der Waals surface area contributed by atoms with Crippen molar-refractivity contribution in [1.29, 1.82) is 0 Å². The van der Waals surface area contributed by atoms with E-state index >= 15 is 0 Å². The summed E-state index contributed by atoms with van der Waals surface area (Å²) in [5.41, 5.74) is 2.32. The van der Waals surface area contributed by atoms with Crippen LogP contribution in [0.25, 0.3) is 0 Å². The molecule has 1 fully saturated rings. The molecule has 0 bridgehead atoms. The van der Waals surface area contributed by atoms with Gasteiger partial charge in [0.1, 0.15) is 5.75 Å². The molecule has 0 aliphatic carbocycles. The van der Waals surface area contributed by atoms with Gasteiger partial charge in [-0.1, -0.05) is 29.8 Å². The summed E-state index contributed by atoms with van der Waals surface area (Å²) >= 11 is 6.55. The SMILES string of the molecule is COc1ccc([C@@H]2CNC[C@H]2c2cccc(OC)c2Cl)cc1OC. The Labute approximate surface area is 147 Å². The number of nitrogens with one attached hydrogen (secondary N) is 1. The van der Waals surface area contributed by atoms with Gasteiger partial charge in [0.05, 0.1) is 26.4 Å². The van der Waals surface area contributed by atoms with E-state index in [9.17, 15) is 0 Å². The van der Waals surface area contributed by atoms with E-state index in [4.69, 9.17) is 25.8 Å². The van der Waals surface area contributed by atoms with E-state index < -0.39 is 0 Å². The molecule has 24 heavy (non-hydrogen) atoms. The Morgan fingerprint density at radius 1 is 0.875 bits per heavy atom. The van der Waals surface area contributed by atoms with E-state index in [1.807, 2.05) is 18.2 Å². The van der Waals surface area contributed by atoms with Gasteiger partial charge in [0.15, 0.2) is 11.5 Å². The zero-order valence-corrected chi connectivity index (χ0v) is 14.9. The number of hydrogen-bond acceptors (Lipinski definition) is 4. The molecule has 2 atom stereocenters. The fraction of sp³-hybridized carbons (Fsp3) is 0.368. The summed E-state index contributed by atoms with van der Waals surface area (Å²) in [7, 11) is 4.95. The van der Waals surface area contributed by atoms with Crippen LogP contribution in [0.4, 0.5) is 0 Å². The van der Waals surface area contributed by atoms with Crippen molar-refractivity contribution in [2.75, 3.05) is 34.4 Å². The van der Waals surface area contributed by atoms with Crippen LogP contribution in [0.2, 0.25) is 5.02 Å². The van der Waals surface area contributed by atoms with E-state index in [1.54, 1.807) is 21.3 Å². The van der Waals surface area contributed by atoms with Crippen LogP contribution >= 0.6 is 11.6 Å². The average Bonchev–Trinajstić information content (AvgIpc) is 3.10. The molecule has 0 aromatic heterocycles. The number of hydrogen-bond donors (Lipinski definition) is 1. The summed E-state index contributed by atoms with van der Waals surface area (Å²) in [6.07, 6.45) is 0. The molecule has 5 heteroatoms. The predicted molar refractivity (Wildman–Crippen MR) is 95.9 cm³/mol. The summed E-state index contributed by atoms with van der Waals surface area (Å²) in [5, 5.41) is 4.17. The fourth-order valence-corrected chi connectivity index (χ4v) is 3.75. The Morgan fingerprint density at radius 3 is 2.29 bits per heavy atom. The molecule has 1 heterocycles. The summed E-state index contributed by atoms with van der Waals surface area (Å²) in [4.78, 5) is 0. The lowest BCUT2D eigenvalue weighted by Gasteiger charge is -2.22. The second kappa shape index (κ2) is 7.32. The minimum atomic E-state index is 0.283. The standard InChI is InChI=1S/C19H22ClNO3/c1-22-16-8-7-12(9-18(16)24-3)14-10-21-11-15(14)13-5-4-6-17(23-2)19(13)20/h4-9,14-15,21H,10-11H2,1-3H3/t14-,15-/m0/s1. The van der Waals surface area contributed by atoms with Gasteiger partial charge in [-0.25, -0.2) is 0 Å². The molecule has 0 unspecified atom stereocenters. The van der Waals surface area contributed by atoms with Crippen LogP contribution in [-0.2, 0) is 0 Å². The first-order valence-electron chi connectivity index (χ1n) is 7.94. The first-order valence-corrected chi connectivity index (χ1v) is 8.32. The molecule has 128 valence electrons. The van der Waals surface area contributed by atoms with Crippen molar-refractivity contribution in [1.82, 2.24) is 5.32 Å².